The number of amides is 1. The van der Waals surface area contributed by atoms with E-state index in [0.29, 0.717) is 6.42 Å². The molecule has 0 radical (unpaired) electrons. The smallest absolute Gasteiger partial charge is 0.222 e. The predicted octanol–water partition coefficient (Wildman–Crippen LogP) is 2.59. The van der Waals surface area contributed by atoms with Crippen molar-refractivity contribution < 1.29 is 4.79 Å². The molecule has 1 fully saturated rings. The van der Waals surface area contributed by atoms with Gasteiger partial charge in [-0.25, -0.2) is 4.98 Å². The zero-order chi connectivity index (χ0) is 14.7. The Kier molecular flexibility index (Phi) is 3.99. The lowest BCUT2D eigenvalue weighted by atomic mass is 9.97. The van der Waals surface area contributed by atoms with Crippen LogP contribution in [0.2, 0.25) is 0 Å². The van der Waals surface area contributed by atoms with E-state index in [1.165, 1.54) is 0 Å². The number of rotatable bonds is 3. The molecule has 1 aliphatic heterocycles. The van der Waals surface area contributed by atoms with Crippen molar-refractivity contribution >= 4 is 5.91 Å². The van der Waals surface area contributed by atoms with Gasteiger partial charge in [0.1, 0.15) is 5.82 Å². The van der Waals surface area contributed by atoms with Crippen LogP contribution in [-0.4, -0.2) is 39.1 Å². The molecule has 1 aromatic heterocycles. The molecule has 0 saturated carbocycles. The monoisotopic (exact) mass is 284 g/mol. The maximum atomic E-state index is 11.9. The molecule has 0 bridgehead atoms. The maximum Gasteiger partial charge on any atom is 0.222 e. The van der Waals surface area contributed by atoms with Crippen LogP contribution < -0.4 is 0 Å². The van der Waals surface area contributed by atoms with E-state index in [1.807, 2.05) is 42.2 Å². The third-order valence-corrected chi connectivity index (χ3v) is 4.00. The SMILES string of the molecule is CCC(=O)N1CCCC(c2nc(-c3ccccc3)n[nH]2)C1. The summed E-state index contributed by atoms with van der Waals surface area (Å²) in [6.07, 6.45) is 2.65. The average molecular weight is 284 g/mol. The molecular weight excluding hydrogens is 264 g/mol. The van der Waals surface area contributed by atoms with Gasteiger partial charge in [0.15, 0.2) is 5.82 Å². The first kappa shape index (κ1) is 13.8. The zero-order valence-corrected chi connectivity index (χ0v) is 12.2. The van der Waals surface area contributed by atoms with Gasteiger partial charge in [0.2, 0.25) is 5.91 Å². The zero-order valence-electron chi connectivity index (χ0n) is 12.2. The summed E-state index contributed by atoms with van der Waals surface area (Å²) in [6.45, 7) is 3.52. The summed E-state index contributed by atoms with van der Waals surface area (Å²) in [6, 6.07) is 9.94. The minimum atomic E-state index is 0.225. The van der Waals surface area contributed by atoms with E-state index < -0.39 is 0 Å². The highest BCUT2D eigenvalue weighted by atomic mass is 16.2. The Morgan fingerprint density at radius 1 is 1.38 bits per heavy atom. The number of hydrogen-bond acceptors (Lipinski definition) is 3. The number of nitrogens with one attached hydrogen (secondary N) is 1. The quantitative estimate of drug-likeness (QED) is 0.942. The van der Waals surface area contributed by atoms with Gasteiger partial charge in [-0.15, -0.1) is 0 Å². The molecule has 5 nitrogen and oxygen atoms in total. The highest BCUT2D eigenvalue weighted by molar-refractivity contribution is 5.76. The molecule has 1 saturated heterocycles. The van der Waals surface area contributed by atoms with Crippen LogP contribution >= 0.6 is 0 Å². The topological polar surface area (TPSA) is 61.9 Å². The van der Waals surface area contributed by atoms with Crippen LogP contribution in [0.3, 0.4) is 0 Å². The van der Waals surface area contributed by atoms with Crippen molar-refractivity contribution in [1.82, 2.24) is 20.1 Å². The second-order valence-corrected chi connectivity index (χ2v) is 5.44. The van der Waals surface area contributed by atoms with E-state index in [0.717, 1.165) is 43.1 Å². The fraction of sp³-hybridized carbons (Fsp3) is 0.438. The fourth-order valence-electron chi connectivity index (χ4n) is 2.82. The Bertz CT molecular complexity index is 608. The number of aromatic nitrogens is 3. The molecule has 1 atom stereocenters. The first-order chi connectivity index (χ1) is 10.3. The predicted molar refractivity (Wildman–Crippen MR) is 80.7 cm³/mol. The number of hydrogen-bond donors (Lipinski definition) is 1. The van der Waals surface area contributed by atoms with E-state index in [-0.39, 0.29) is 11.8 Å². The Labute approximate surface area is 124 Å². The molecule has 1 amide bonds. The fourth-order valence-corrected chi connectivity index (χ4v) is 2.82. The summed E-state index contributed by atoms with van der Waals surface area (Å²) in [7, 11) is 0. The van der Waals surface area contributed by atoms with Crippen molar-refractivity contribution in [2.45, 2.75) is 32.1 Å². The Hall–Kier alpha value is -2.17. The van der Waals surface area contributed by atoms with E-state index >= 15 is 0 Å². The molecule has 21 heavy (non-hydrogen) atoms. The summed E-state index contributed by atoms with van der Waals surface area (Å²) < 4.78 is 0. The van der Waals surface area contributed by atoms with Gasteiger partial charge >= 0.3 is 0 Å². The van der Waals surface area contributed by atoms with E-state index in [1.54, 1.807) is 0 Å². The van der Waals surface area contributed by atoms with Gasteiger partial charge in [-0.1, -0.05) is 37.3 Å². The van der Waals surface area contributed by atoms with E-state index in [9.17, 15) is 4.79 Å². The second-order valence-electron chi connectivity index (χ2n) is 5.44. The molecule has 0 aliphatic carbocycles. The van der Waals surface area contributed by atoms with Crippen LogP contribution in [0.25, 0.3) is 11.4 Å². The molecule has 1 aliphatic rings. The number of benzene rings is 1. The van der Waals surface area contributed by atoms with Crippen molar-refractivity contribution in [1.29, 1.82) is 0 Å². The maximum absolute atomic E-state index is 11.9. The van der Waals surface area contributed by atoms with Crippen molar-refractivity contribution in [3.8, 4) is 11.4 Å². The lowest BCUT2D eigenvalue weighted by Gasteiger charge is -2.31. The highest BCUT2D eigenvalue weighted by Crippen LogP contribution is 2.26. The normalized spacial score (nSPS) is 18.7. The number of H-pyrrole nitrogens is 1. The van der Waals surface area contributed by atoms with Gasteiger partial charge in [-0.3, -0.25) is 9.89 Å². The molecule has 5 heteroatoms. The molecule has 110 valence electrons. The third kappa shape index (κ3) is 2.96. The summed E-state index contributed by atoms with van der Waals surface area (Å²) >= 11 is 0. The molecule has 2 heterocycles. The average Bonchev–Trinajstić information content (AvgIpc) is 3.05. The molecule has 1 N–H and O–H groups in total. The lowest BCUT2D eigenvalue weighted by molar-refractivity contribution is -0.132. The number of carbonyl (C=O) groups excluding carboxylic acids is 1. The minimum absolute atomic E-state index is 0.225. The standard InChI is InChI=1S/C16H20N4O/c1-2-14(21)20-10-6-9-13(11-20)16-17-15(18-19-16)12-7-4-3-5-8-12/h3-5,7-8,13H,2,6,9-11H2,1H3,(H,17,18,19). The van der Waals surface area contributed by atoms with Crippen molar-refractivity contribution in [3.05, 3.63) is 36.2 Å². The first-order valence-electron chi connectivity index (χ1n) is 7.53. The molecule has 2 aromatic rings. The van der Waals surface area contributed by atoms with Crippen molar-refractivity contribution in [2.75, 3.05) is 13.1 Å². The third-order valence-electron chi connectivity index (χ3n) is 4.00. The van der Waals surface area contributed by atoms with Crippen LogP contribution in [0.15, 0.2) is 30.3 Å². The van der Waals surface area contributed by atoms with Crippen LogP contribution in [0.1, 0.15) is 37.9 Å². The van der Waals surface area contributed by atoms with E-state index in [4.69, 9.17) is 0 Å². The number of piperidine rings is 1. The number of likely N-dealkylation sites (tertiary alicyclic amines) is 1. The second kappa shape index (κ2) is 6.08. The minimum Gasteiger partial charge on any atom is -0.342 e. The molecule has 1 unspecified atom stereocenters. The van der Waals surface area contributed by atoms with Crippen molar-refractivity contribution in [2.24, 2.45) is 0 Å². The summed E-state index contributed by atoms with van der Waals surface area (Å²) in [4.78, 5) is 18.4. The van der Waals surface area contributed by atoms with Gasteiger partial charge in [-0.05, 0) is 12.8 Å². The Balaban J connectivity index is 1.75. The number of aromatic amines is 1. The number of nitrogens with zero attached hydrogens (tertiary/aromatic N) is 3. The first-order valence-corrected chi connectivity index (χ1v) is 7.53. The molecular formula is C16H20N4O. The van der Waals surface area contributed by atoms with Gasteiger partial charge < -0.3 is 4.90 Å². The van der Waals surface area contributed by atoms with E-state index in [2.05, 4.69) is 15.2 Å². The highest BCUT2D eigenvalue weighted by Gasteiger charge is 2.26. The van der Waals surface area contributed by atoms with Crippen LogP contribution in [0.4, 0.5) is 0 Å². The Morgan fingerprint density at radius 3 is 2.95 bits per heavy atom. The van der Waals surface area contributed by atoms with Crippen LogP contribution in [0.5, 0.6) is 0 Å². The number of carbonyl (C=O) groups is 1. The molecule has 0 spiro atoms. The van der Waals surface area contributed by atoms with Gasteiger partial charge in [0.05, 0.1) is 0 Å². The summed E-state index contributed by atoms with van der Waals surface area (Å²) in [5, 5.41) is 7.36. The van der Waals surface area contributed by atoms with Gasteiger partial charge in [0.25, 0.3) is 0 Å². The van der Waals surface area contributed by atoms with Crippen molar-refractivity contribution in [3.63, 3.8) is 0 Å². The molecule has 3 rings (SSSR count). The summed E-state index contributed by atoms with van der Waals surface area (Å²) in [5.41, 5.74) is 1.01. The summed E-state index contributed by atoms with van der Waals surface area (Å²) in [5.74, 6) is 2.11. The molecule has 1 aromatic carbocycles. The van der Waals surface area contributed by atoms with Gasteiger partial charge in [0, 0.05) is 31.0 Å². The lowest BCUT2D eigenvalue weighted by Crippen LogP contribution is -2.38. The van der Waals surface area contributed by atoms with Gasteiger partial charge in [-0.2, -0.15) is 5.10 Å². The largest absolute Gasteiger partial charge is 0.342 e. The van der Waals surface area contributed by atoms with Crippen LogP contribution in [0, 0.1) is 0 Å². The Morgan fingerprint density at radius 2 is 2.19 bits per heavy atom. The van der Waals surface area contributed by atoms with Crippen LogP contribution in [-0.2, 0) is 4.79 Å².